The number of benzene rings is 2. The second kappa shape index (κ2) is 9.37. The standard InChI is InChI=1S/C21H19N5O4S2/c1-11-9-16-14(10-15(11)30-2)18(19(32-16)20(29)22-21-23-25-26-24-21)31-13-6-3-12(4-7-13)5-8-17(27)28/h3-4,6-7,9-10H,5,8H2,1-2H3,(H,27,28)(H2,22,23,24,25,26,29). The zero-order valence-electron chi connectivity index (χ0n) is 17.2. The first kappa shape index (κ1) is 21.8. The molecule has 11 heteroatoms. The Bertz CT molecular complexity index is 1270. The number of hydrogen-bond donors (Lipinski definition) is 3. The van der Waals surface area contributed by atoms with Crippen molar-refractivity contribution < 1.29 is 19.4 Å². The highest BCUT2D eigenvalue weighted by Crippen LogP contribution is 2.44. The number of aromatic amines is 1. The van der Waals surface area contributed by atoms with Crippen LogP contribution in [0.2, 0.25) is 0 Å². The summed E-state index contributed by atoms with van der Waals surface area (Å²) in [5.41, 5.74) is 1.92. The summed E-state index contributed by atoms with van der Waals surface area (Å²) >= 11 is 2.84. The van der Waals surface area contributed by atoms with Crippen molar-refractivity contribution in [1.29, 1.82) is 0 Å². The summed E-state index contributed by atoms with van der Waals surface area (Å²) in [4.78, 5) is 26.1. The summed E-state index contributed by atoms with van der Waals surface area (Å²) in [5, 5.41) is 25.8. The van der Waals surface area contributed by atoms with Gasteiger partial charge in [0.15, 0.2) is 0 Å². The van der Waals surface area contributed by atoms with Crippen molar-refractivity contribution in [3.05, 3.63) is 52.4 Å². The Morgan fingerprint density at radius 2 is 2.03 bits per heavy atom. The predicted octanol–water partition coefficient (Wildman–Crippen LogP) is 4.15. The monoisotopic (exact) mass is 469 g/mol. The minimum absolute atomic E-state index is 0.0845. The smallest absolute Gasteiger partial charge is 0.303 e. The molecule has 4 aromatic rings. The van der Waals surface area contributed by atoms with E-state index in [1.54, 1.807) is 7.11 Å². The normalized spacial score (nSPS) is 10.9. The molecule has 2 heterocycles. The highest BCUT2D eigenvalue weighted by molar-refractivity contribution is 7.99. The molecule has 0 aliphatic rings. The van der Waals surface area contributed by atoms with Gasteiger partial charge in [-0.3, -0.25) is 14.9 Å². The number of methoxy groups -OCH3 is 1. The summed E-state index contributed by atoms with van der Waals surface area (Å²) in [7, 11) is 1.62. The van der Waals surface area contributed by atoms with Crippen LogP contribution < -0.4 is 10.1 Å². The zero-order chi connectivity index (χ0) is 22.7. The lowest BCUT2D eigenvalue weighted by Crippen LogP contribution is -2.12. The lowest BCUT2D eigenvalue weighted by Gasteiger charge is -2.08. The van der Waals surface area contributed by atoms with Gasteiger partial charge in [-0.15, -0.1) is 16.4 Å². The van der Waals surface area contributed by atoms with Crippen LogP contribution in [-0.2, 0) is 11.2 Å². The molecule has 3 N–H and O–H groups in total. The molecule has 1 amide bonds. The van der Waals surface area contributed by atoms with Crippen LogP contribution in [0.25, 0.3) is 10.1 Å². The third-order valence-electron chi connectivity index (χ3n) is 4.71. The van der Waals surface area contributed by atoms with E-state index in [0.29, 0.717) is 11.3 Å². The molecule has 0 saturated heterocycles. The average Bonchev–Trinajstić information content (AvgIpc) is 3.40. The van der Waals surface area contributed by atoms with Gasteiger partial charge in [0.05, 0.1) is 7.11 Å². The number of nitrogens with one attached hydrogen (secondary N) is 2. The van der Waals surface area contributed by atoms with Gasteiger partial charge in [-0.1, -0.05) is 29.0 Å². The molecule has 0 aliphatic carbocycles. The first-order chi connectivity index (χ1) is 15.4. The number of amides is 1. The van der Waals surface area contributed by atoms with Crippen molar-refractivity contribution in [2.24, 2.45) is 0 Å². The number of aliphatic carboxylic acids is 1. The second-order valence-electron chi connectivity index (χ2n) is 6.91. The number of carboxylic acid groups (broad SMARTS) is 1. The third kappa shape index (κ3) is 4.73. The average molecular weight is 470 g/mol. The van der Waals surface area contributed by atoms with Crippen LogP contribution in [0.4, 0.5) is 5.95 Å². The van der Waals surface area contributed by atoms with Gasteiger partial charge in [0.25, 0.3) is 11.9 Å². The number of carbonyl (C=O) groups is 2. The Morgan fingerprint density at radius 3 is 2.69 bits per heavy atom. The maximum absolute atomic E-state index is 13.0. The number of H-pyrrole nitrogens is 1. The molecular weight excluding hydrogens is 450 g/mol. The Hall–Kier alpha value is -3.44. The van der Waals surface area contributed by atoms with Crippen LogP contribution in [0.5, 0.6) is 5.75 Å². The number of aryl methyl sites for hydroxylation is 2. The van der Waals surface area contributed by atoms with Crippen LogP contribution in [0.1, 0.15) is 27.2 Å². The number of ether oxygens (including phenoxy) is 1. The predicted molar refractivity (Wildman–Crippen MR) is 122 cm³/mol. The van der Waals surface area contributed by atoms with Gasteiger partial charge in [0.2, 0.25) is 0 Å². The summed E-state index contributed by atoms with van der Waals surface area (Å²) in [6, 6.07) is 11.6. The topological polar surface area (TPSA) is 130 Å². The molecule has 164 valence electrons. The molecule has 0 radical (unpaired) electrons. The van der Waals surface area contributed by atoms with Gasteiger partial charge in [-0.05, 0) is 54.0 Å². The van der Waals surface area contributed by atoms with Crippen molar-refractivity contribution in [3.63, 3.8) is 0 Å². The SMILES string of the molecule is COc1cc2c(Sc3ccc(CCC(=O)O)cc3)c(C(=O)Nc3nn[nH]n3)sc2cc1C. The fourth-order valence-electron chi connectivity index (χ4n) is 3.14. The minimum Gasteiger partial charge on any atom is -0.496 e. The second-order valence-corrected chi connectivity index (χ2v) is 9.04. The molecule has 0 atom stereocenters. The molecule has 0 fully saturated rings. The highest BCUT2D eigenvalue weighted by Gasteiger charge is 2.22. The Balaban J connectivity index is 1.70. The molecule has 32 heavy (non-hydrogen) atoms. The number of hydrogen-bond acceptors (Lipinski definition) is 8. The van der Waals surface area contributed by atoms with Crippen LogP contribution in [0.3, 0.4) is 0 Å². The van der Waals surface area contributed by atoms with E-state index in [1.165, 1.54) is 23.1 Å². The van der Waals surface area contributed by atoms with Crippen molar-refractivity contribution >= 4 is 51.0 Å². The largest absolute Gasteiger partial charge is 0.496 e. The lowest BCUT2D eigenvalue weighted by atomic mass is 10.1. The van der Waals surface area contributed by atoms with Crippen LogP contribution in [0, 0.1) is 6.92 Å². The Kier molecular flexibility index (Phi) is 6.37. The molecule has 0 unspecified atom stereocenters. The van der Waals surface area contributed by atoms with E-state index in [9.17, 15) is 9.59 Å². The van der Waals surface area contributed by atoms with Crippen LogP contribution >= 0.6 is 23.1 Å². The molecule has 0 spiro atoms. The van der Waals surface area contributed by atoms with Gasteiger partial charge in [0, 0.05) is 26.3 Å². The molecular formula is C21H19N5O4S2. The van der Waals surface area contributed by atoms with Crippen molar-refractivity contribution in [3.8, 4) is 5.75 Å². The van der Waals surface area contributed by atoms with E-state index in [4.69, 9.17) is 9.84 Å². The molecule has 0 bridgehead atoms. The Labute approximate surface area is 191 Å². The van der Waals surface area contributed by atoms with Gasteiger partial charge in [0.1, 0.15) is 10.6 Å². The quantitative estimate of drug-likeness (QED) is 0.351. The Morgan fingerprint density at radius 1 is 1.25 bits per heavy atom. The first-order valence-electron chi connectivity index (χ1n) is 9.59. The number of carbonyl (C=O) groups excluding carboxylic acids is 1. The lowest BCUT2D eigenvalue weighted by molar-refractivity contribution is -0.136. The van der Waals surface area contributed by atoms with E-state index >= 15 is 0 Å². The fraction of sp³-hybridized carbons (Fsp3) is 0.190. The fourth-order valence-corrected chi connectivity index (χ4v) is 5.50. The van der Waals surface area contributed by atoms with Crippen molar-refractivity contribution in [2.45, 2.75) is 29.6 Å². The summed E-state index contributed by atoms with van der Waals surface area (Å²) in [6.07, 6.45) is 0.553. The summed E-state index contributed by atoms with van der Waals surface area (Å²) in [5.74, 6) is -0.314. The number of anilines is 1. The number of aromatic nitrogens is 4. The molecule has 9 nitrogen and oxygen atoms in total. The molecule has 0 saturated carbocycles. The molecule has 2 aromatic heterocycles. The third-order valence-corrected chi connectivity index (χ3v) is 7.12. The number of rotatable bonds is 8. The van der Waals surface area contributed by atoms with E-state index < -0.39 is 5.97 Å². The molecule has 2 aromatic carbocycles. The van der Waals surface area contributed by atoms with Crippen molar-refractivity contribution in [2.75, 3.05) is 12.4 Å². The number of fused-ring (bicyclic) bond motifs is 1. The van der Waals surface area contributed by atoms with E-state index in [1.807, 2.05) is 43.3 Å². The van der Waals surface area contributed by atoms with E-state index in [2.05, 4.69) is 25.9 Å². The van der Waals surface area contributed by atoms with Gasteiger partial charge in [-0.2, -0.15) is 5.21 Å². The number of tetrazole rings is 1. The minimum atomic E-state index is -0.824. The van der Waals surface area contributed by atoms with E-state index in [-0.39, 0.29) is 18.3 Å². The number of thiophene rings is 1. The first-order valence-corrected chi connectivity index (χ1v) is 11.2. The summed E-state index contributed by atoms with van der Waals surface area (Å²) < 4.78 is 6.45. The van der Waals surface area contributed by atoms with Crippen LogP contribution in [-0.4, -0.2) is 44.7 Å². The van der Waals surface area contributed by atoms with Gasteiger partial charge >= 0.3 is 5.97 Å². The molecule has 4 rings (SSSR count). The van der Waals surface area contributed by atoms with Crippen LogP contribution in [0.15, 0.2) is 46.2 Å². The zero-order valence-corrected chi connectivity index (χ0v) is 18.8. The van der Waals surface area contributed by atoms with Gasteiger partial charge in [-0.25, -0.2) is 0 Å². The molecule has 0 aliphatic heterocycles. The van der Waals surface area contributed by atoms with E-state index in [0.717, 1.165) is 36.8 Å². The highest BCUT2D eigenvalue weighted by atomic mass is 32.2. The number of carboxylic acids is 1. The maximum atomic E-state index is 13.0. The number of nitrogens with zero attached hydrogens (tertiary/aromatic N) is 3. The van der Waals surface area contributed by atoms with Gasteiger partial charge < -0.3 is 9.84 Å². The van der Waals surface area contributed by atoms with Crippen molar-refractivity contribution in [1.82, 2.24) is 20.6 Å². The maximum Gasteiger partial charge on any atom is 0.303 e. The summed E-state index contributed by atoms with van der Waals surface area (Å²) in [6.45, 7) is 1.96.